The summed E-state index contributed by atoms with van der Waals surface area (Å²) in [6.07, 6.45) is 5.80. The van der Waals surface area contributed by atoms with Crippen molar-refractivity contribution in [2.24, 2.45) is 10.8 Å². The van der Waals surface area contributed by atoms with Crippen molar-refractivity contribution in [3.63, 3.8) is 0 Å². The van der Waals surface area contributed by atoms with Gasteiger partial charge in [-0.2, -0.15) is 0 Å². The van der Waals surface area contributed by atoms with Gasteiger partial charge in [-0.3, -0.25) is 0 Å². The Hall–Kier alpha value is 0.700. The molecule has 1 N–H and O–H groups in total. The molecular weight excluding hydrogens is 258 g/mol. The fraction of sp³-hybridized carbons (Fsp3) is 1.00. The van der Waals surface area contributed by atoms with Crippen LogP contribution in [0, 0.1) is 10.8 Å². The van der Waals surface area contributed by atoms with Crippen LogP contribution in [-0.4, -0.2) is 37.2 Å². The van der Waals surface area contributed by atoms with Crippen LogP contribution in [0.2, 0.25) is 0 Å². The summed E-state index contributed by atoms with van der Waals surface area (Å²) in [6.45, 7) is 1.63. The Labute approximate surface area is 106 Å². The van der Waals surface area contributed by atoms with Crippen LogP contribution in [0.15, 0.2) is 0 Å². The molecule has 98 valence electrons. The van der Waals surface area contributed by atoms with Crippen LogP contribution >= 0.6 is 17.8 Å². The first-order valence-corrected chi connectivity index (χ1v) is 8.23. The molecule has 0 aromatic heterocycles. The average Bonchev–Trinajstić information content (AvgIpc) is 2.40. The molecule has 0 aromatic carbocycles. The van der Waals surface area contributed by atoms with Crippen molar-refractivity contribution in [1.82, 2.24) is 0 Å². The highest BCUT2D eigenvalue weighted by Gasteiger charge is 2.56. The van der Waals surface area contributed by atoms with E-state index in [-0.39, 0.29) is 32.6 Å². The zero-order chi connectivity index (χ0) is 11.8. The Morgan fingerprint density at radius 1 is 1.18 bits per heavy atom. The molecule has 6 heteroatoms. The topological polar surface area (TPSA) is 47.9 Å². The fourth-order valence-corrected chi connectivity index (χ4v) is 5.75. The molecule has 5 atom stereocenters. The zero-order valence-corrected chi connectivity index (χ0v) is 11.9. The largest absolute Gasteiger partial charge is 0.396 e. The number of fused-ring (bicyclic) bond motifs is 2. The highest BCUT2D eigenvalue weighted by atomic mass is 31.1. The molecule has 0 bridgehead atoms. The molecule has 3 aliphatic rings. The smallest absolute Gasteiger partial charge is 0.155 e. The van der Waals surface area contributed by atoms with Gasteiger partial charge in [-0.1, -0.05) is 6.42 Å². The molecule has 1 aliphatic carbocycles. The van der Waals surface area contributed by atoms with Gasteiger partial charge in [0.15, 0.2) is 9.03 Å². The van der Waals surface area contributed by atoms with Gasteiger partial charge in [0.2, 0.25) is 0 Å². The first kappa shape index (κ1) is 12.7. The molecule has 1 saturated carbocycles. The summed E-state index contributed by atoms with van der Waals surface area (Å²) < 4.78 is 17.1. The average molecular weight is 278 g/mol. The lowest BCUT2D eigenvalue weighted by Gasteiger charge is -2.56. The minimum atomic E-state index is -0.173. The van der Waals surface area contributed by atoms with E-state index in [9.17, 15) is 5.11 Å². The standard InChI is InChI=1S/C11H20O4P2/c12-6-11-3-1-2-10(4-5-16-13-7-10)9(11)15-17-14-8-11/h9,12,16-17H,1-8H2. The van der Waals surface area contributed by atoms with Crippen molar-refractivity contribution in [3.8, 4) is 0 Å². The Morgan fingerprint density at radius 2 is 2.12 bits per heavy atom. The van der Waals surface area contributed by atoms with E-state index in [1.165, 1.54) is 12.8 Å². The lowest BCUT2D eigenvalue weighted by molar-refractivity contribution is -0.160. The van der Waals surface area contributed by atoms with Gasteiger partial charge >= 0.3 is 0 Å². The molecule has 5 unspecified atom stereocenters. The normalized spacial score (nSPS) is 49.6. The minimum Gasteiger partial charge on any atom is -0.396 e. The third-order valence-corrected chi connectivity index (χ3v) is 5.94. The Balaban J connectivity index is 1.88. The fourth-order valence-electron chi connectivity index (χ4n) is 3.61. The lowest BCUT2D eigenvalue weighted by atomic mass is 9.59. The predicted molar refractivity (Wildman–Crippen MR) is 68.7 cm³/mol. The second kappa shape index (κ2) is 5.00. The maximum Gasteiger partial charge on any atom is 0.155 e. The molecule has 2 saturated heterocycles. The summed E-state index contributed by atoms with van der Waals surface area (Å²) in [7, 11) is 0.775. The van der Waals surface area contributed by atoms with Crippen molar-refractivity contribution < 1.29 is 18.7 Å². The van der Waals surface area contributed by atoms with Crippen LogP contribution in [0.3, 0.4) is 0 Å². The Bertz CT molecular complexity index is 273. The van der Waals surface area contributed by atoms with Crippen LogP contribution in [0.1, 0.15) is 25.7 Å². The number of hydrogen-bond acceptors (Lipinski definition) is 4. The van der Waals surface area contributed by atoms with Gasteiger partial charge in [0, 0.05) is 19.6 Å². The van der Waals surface area contributed by atoms with Crippen molar-refractivity contribution in [3.05, 3.63) is 0 Å². The van der Waals surface area contributed by atoms with Crippen LogP contribution < -0.4 is 0 Å². The number of aliphatic hydroxyl groups excluding tert-OH is 1. The van der Waals surface area contributed by atoms with E-state index in [2.05, 4.69) is 0 Å². The molecule has 0 amide bonds. The maximum absolute atomic E-state index is 9.79. The number of aliphatic hydroxyl groups is 1. The van der Waals surface area contributed by atoms with Gasteiger partial charge in [-0.05, 0) is 25.4 Å². The van der Waals surface area contributed by atoms with Crippen LogP contribution in [0.25, 0.3) is 0 Å². The monoisotopic (exact) mass is 278 g/mol. The highest BCUT2D eigenvalue weighted by Crippen LogP contribution is 2.57. The molecule has 17 heavy (non-hydrogen) atoms. The molecular formula is C11H20O4P2. The first-order valence-electron chi connectivity index (χ1n) is 6.29. The van der Waals surface area contributed by atoms with E-state index >= 15 is 0 Å². The van der Waals surface area contributed by atoms with Crippen LogP contribution in [0.5, 0.6) is 0 Å². The summed E-state index contributed by atoms with van der Waals surface area (Å²) in [5.41, 5.74) is -0.0314. The number of hydrogen-bond donors (Lipinski definition) is 1. The Kier molecular flexibility index (Phi) is 3.74. The third kappa shape index (κ3) is 2.08. The second-order valence-electron chi connectivity index (χ2n) is 5.54. The maximum atomic E-state index is 9.79. The number of rotatable bonds is 1. The predicted octanol–water partition coefficient (Wildman–Crippen LogP) is 2.07. The first-order chi connectivity index (χ1) is 8.31. The zero-order valence-electron chi connectivity index (χ0n) is 9.91. The molecule has 1 spiro atoms. The van der Waals surface area contributed by atoms with Crippen LogP contribution in [-0.2, 0) is 13.6 Å². The van der Waals surface area contributed by atoms with Crippen molar-refractivity contribution in [2.75, 3.05) is 26.0 Å². The van der Waals surface area contributed by atoms with E-state index < -0.39 is 0 Å². The van der Waals surface area contributed by atoms with Crippen LogP contribution in [0.4, 0.5) is 0 Å². The van der Waals surface area contributed by atoms with Crippen molar-refractivity contribution >= 4 is 17.8 Å². The SMILES string of the molecule is OCC12CCCC3(CCPOC3)C1OPOC2. The third-order valence-electron chi connectivity index (χ3n) is 4.55. The summed E-state index contributed by atoms with van der Waals surface area (Å²) in [6, 6.07) is 0. The van der Waals surface area contributed by atoms with Gasteiger partial charge in [0.25, 0.3) is 0 Å². The molecule has 2 aliphatic heterocycles. The quantitative estimate of drug-likeness (QED) is 0.746. The van der Waals surface area contributed by atoms with E-state index in [1.54, 1.807) is 0 Å². The van der Waals surface area contributed by atoms with Gasteiger partial charge in [-0.25, -0.2) is 0 Å². The Morgan fingerprint density at radius 3 is 2.88 bits per heavy atom. The van der Waals surface area contributed by atoms with E-state index in [4.69, 9.17) is 13.6 Å². The minimum absolute atomic E-state index is 0.129. The summed E-state index contributed by atoms with van der Waals surface area (Å²) in [5, 5.41) is 9.79. The summed E-state index contributed by atoms with van der Waals surface area (Å²) in [4.78, 5) is 0. The van der Waals surface area contributed by atoms with E-state index in [0.29, 0.717) is 15.4 Å². The molecule has 3 rings (SSSR count). The van der Waals surface area contributed by atoms with Gasteiger partial charge < -0.3 is 18.7 Å². The highest BCUT2D eigenvalue weighted by molar-refractivity contribution is 7.32. The summed E-state index contributed by atoms with van der Waals surface area (Å²) in [5.74, 6) is 0. The van der Waals surface area contributed by atoms with Gasteiger partial charge in [0.1, 0.15) is 0 Å². The molecule has 4 nitrogen and oxygen atoms in total. The molecule has 0 radical (unpaired) electrons. The van der Waals surface area contributed by atoms with Gasteiger partial charge in [0.05, 0.1) is 25.9 Å². The van der Waals surface area contributed by atoms with Gasteiger partial charge in [-0.15, -0.1) is 0 Å². The van der Waals surface area contributed by atoms with E-state index in [0.717, 1.165) is 25.6 Å². The molecule has 2 heterocycles. The molecule has 0 aromatic rings. The second-order valence-corrected chi connectivity index (χ2v) is 7.31. The van der Waals surface area contributed by atoms with Crippen molar-refractivity contribution in [1.29, 1.82) is 0 Å². The van der Waals surface area contributed by atoms with E-state index in [1.807, 2.05) is 0 Å². The lowest BCUT2D eigenvalue weighted by Crippen LogP contribution is -2.59. The van der Waals surface area contributed by atoms with Crippen molar-refractivity contribution in [2.45, 2.75) is 31.8 Å². The summed E-state index contributed by atoms with van der Waals surface area (Å²) >= 11 is 0. The molecule has 3 fully saturated rings.